The Labute approximate surface area is 115 Å². The molecule has 1 heterocycles. The van der Waals surface area contributed by atoms with Crippen LogP contribution in [-0.2, 0) is 0 Å². The van der Waals surface area contributed by atoms with Gasteiger partial charge in [-0.2, -0.15) is 0 Å². The second-order valence-corrected chi connectivity index (χ2v) is 4.74. The topological polar surface area (TPSA) is 59.4 Å². The zero-order chi connectivity index (χ0) is 13.8. The first-order valence-electron chi connectivity index (χ1n) is 5.63. The van der Waals surface area contributed by atoms with Crippen LogP contribution in [0.5, 0.6) is 11.6 Å². The Balaban J connectivity index is 2.35. The number of para-hydroxylation sites is 1. The molecule has 19 heavy (non-hydrogen) atoms. The maximum absolute atomic E-state index is 11.0. The van der Waals surface area contributed by atoms with Gasteiger partial charge in [0.2, 0.25) is 5.88 Å². The number of hydrogen-bond acceptors (Lipinski definition) is 4. The van der Waals surface area contributed by atoms with Crippen LogP contribution in [0.3, 0.4) is 0 Å². The summed E-state index contributed by atoms with van der Waals surface area (Å²) >= 11 is 1.56. The first-order chi connectivity index (χ1) is 9.10. The summed E-state index contributed by atoms with van der Waals surface area (Å²) in [5.74, 6) is -0.0307. The van der Waals surface area contributed by atoms with Gasteiger partial charge in [-0.3, -0.25) is 0 Å². The van der Waals surface area contributed by atoms with Crippen LogP contribution in [0.2, 0.25) is 0 Å². The molecule has 5 heteroatoms. The van der Waals surface area contributed by atoms with Crippen molar-refractivity contribution in [3.05, 3.63) is 47.7 Å². The van der Waals surface area contributed by atoms with Crippen molar-refractivity contribution in [2.45, 2.75) is 11.8 Å². The van der Waals surface area contributed by atoms with Crippen molar-refractivity contribution in [3.8, 4) is 11.6 Å². The highest BCUT2D eigenvalue weighted by Gasteiger charge is 2.09. The monoisotopic (exact) mass is 275 g/mol. The number of carboxylic acid groups (broad SMARTS) is 1. The molecule has 1 aromatic heterocycles. The van der Waals surface area contributed by atoms with Gasteiger partial charge in [0.25, 0.3) is 0 Å². The van der Waals surface area contributed by atoms with E-state index in [0.717, 1.165) is 4.90 Å². The van der Waals surface area contributed by atoms with Crippen molar-refractivity contribution in [1.82, 2.24) is 4.98 Å². The number of aryl methyl sites for hydroxylation is 1. The van der Waals surface area contributed by atoms with Crippen molar-refractivity contribution >= 4 is 17.7 Å². The van der Waals surface area contributed by atoms with E-state index in [1.807, 2.05) is 30.5 Å². The molecule has 0 saturated heterocycles. The van der Waals surface area contributed by atoms with Gasteiger partial charge < -0.3 is 9.84 Å². The number of rotatable bonds is 4. The van der Waals surface area contributed by atoms with Crippen LogP contribution in [-0.4, -0.2) is 22.3 Å². The summed E-state index contributed by atoms with van der Waals surface area (Å²) < 4.78 is 5.68. The Hall–Kier alpha value is -2.01. The maximum Gasteiger partial charge on any atom is 0.335 e. The Morgan fingerprint density at radius 2 is 2.05 bits per heavy atom. The smallest absolute Gasteiger partial charge is 0.335 e. The van der Waals surface area contributed by atoms with E-state index in [2.05, 4.69) is 4.98 Å². The Kier molecular flexibility index (Phi) is 4.06. The number of benzene rings is 1. The molecule has 1 aromatic carbocycles. The molecule has 0 aliphatic rings. The van der Waals surface area contributed by atoms with Crippen LogP contribution < -0.4 is 4.74 Å². The highest BCUT2D eigenvalue weighted by molar-refractivity contribution is 7.98. The van der Waals surface area contributed by atoms with E-state index >= 15 is 0 Å². The minimum atomic E-state index is -0.992. The number of ether oxygens (including phenoxy) is 1. The summed E-state index contributed by atoms with van der Waals surface area (Å²) in [7, 11) is 0. The van der Waals surface area contributed by atoms with Gasteiger partial charge in [-0.1, -0.05) is 12.1 Å². The Morgan fingerprint density at radius 1 is 1.32 bits per heavy atom. The van der Waals surface area contributed by atoms with Gasteiger partial charge in [-0.15, -0.1) is 11.8 Å². The molecule has 0 amide bonds. The van der Waals surface area contributed by atoms with E-state index in [9.17, 15) is 4.79 Å². The van der Waals surface area contributed by atoms with E-state index in [4.69, 9.17) is 9.84 Å². The lowest BCUT2D eigenvalue weighted by Crippen LogP contribution is -2.00. The van der Waals surface area contributed by atoms with Crippen molar-refractivity contribution in [2.75, 3.05) is 6.26 Å². The van der Waals surface area contributed by atoms with Gasteiger partial charge in [-0.25, -0.2) is 9.78 Å². The van der Waals surface area contributed by atoms with Crippen LogP contribution in [0.15, 0.2) is 41.3 Å². The van der Waals surface area contributed by atoms with Crippen LogP contribution in [0.4, 0.5) is 0 Å². The lowest BCUT2D eigenvalue weighted by molar-refractivity contribution is 0.0696. The molecule has 0 spiro atoms. The highest BCUT2D eigenvalue weighted by atomic mass is 32.2. The second-order valence-electron chi connectivity index (χ2n) is 3.89. The minimum Gasteiger partial charge on any atom is -0.478 e. The van der Waals surface area contributed by atoms with Crippen molar-refractivity contribution < 1.29 is 14.6 Å². The number of aromatic carboxylic acids is 1. The zero-order valence-corrected chi connectivity index (χ0v) is 11.4. The van der Waals surface area contributed by atoms with Crippen molar-refractivity contribution in [3.63, 3.8) is 0 Å². The third kappa shape index (κ3) is 3.26. The fourth-order valence-electron chi connectivity index (χ4n) is 1.63. The van der Waals surface area contributed by atoms with Gasteiger partial charge >= 0.3 is 5.97 Å². The van der Waals surface area contributed by atoms with Crippen LogP contribution in [0, 0.1) is 6.92 Å². The lowest BCUT2D eigenvalue weighted by Gasteiger charge is -2.09. The molecule has 4 nitrogen and oxygen atoms in total. The zero-order valence-electron chi connectivity index (χ0n) is 10.6. The van der Waals surface area contributed by atoms with Gasteiger partial charge in [0.15, 0.2) is 0 Å². The molecule has 0 radical (unpaired) electrons. The molecule has 1 N–H and O–H groups in total. The summed E-state index contributed by atoms with van der Waals surface area (Å²) in [6.45, 7) is 1.74. The largest absolute Gasteiger partial charge is 0.478 e. The number of nitrogens with zero attached hydrogens (tertiary/aromatic N) is 1. The normalized spacial score (nSPS) is 10.2. The number of carboxylic acids is 1. The van der Waals surface area contributed by atoms with Gasteiger partial charge in [0, 0.05) is 16.7 Å². The van der Waals surface area contributed by atoms with E-state index < -0.39 is 5.97 Å². The Morgan fingerprint density at radius 3 is 2.74 bits per heavy atom. The summed E-state index contributed by atoms with van der Waals surface area (Å²) in [5.41, 5.74) is 0.778. The quantitative estimate of drug-likeness (QED) is 0.864. The fraction of sp³-hybridized carbons (Fsp3) is 0.143. The van der Waals surface area contributed by atoms with Crippen LogP contribution in [0.1, 0.15) is 16.1 Å². The highest BCUT2D eigenvalue weighted by Crippen LogP contribution is 2.30. The first-order valence-corrected chi connectivity index (χ1v) is 6.85. The van der Waals surface area contributed by atoms with Crippen molar-refractivity contribution in [1.29, 1.82) is 0 Å². The number of carbonyl (C=O) groups is 1. The third-order valence-corrected chi connectivity index (χ3v) is 3.24. The molecule has 2 rings (SSSR count). The SMILES string of the molecule is CSc1ccccc1Oc1cc(C(=O)O)cc(C)n1. The number of thioether (sulfide) groups is 1. The van der Waals surface area contributed by atoms with Gasteiger partial charge in [0.1, 0.15) is 5.75 Å². The Bertz CT molecular complexity index is 613. The predicted molar refractivity (Wildman–Crippen MR) is 74.2 cm³/mol. The summed E-state index contributed by atoms with van der Waals surface area (Å²) in [4.78, 5) is 16.2. The first kappa shape index (κ1) is 13.4. The minimum absolute atomic E-state index is 0.170. The number of pyridine rings is 1. The maximum atomic E-state index is 11.0. The molecule has 0 saturated carbocycles. The molecule has 0 fully saturated rings. The third-order valence-electron chi connectivity index (χ3n) is 2.46. The number of hydrogen-bond donors (Lipinski definition) is 1. The predicted octanol–water partition coefficient (Wildman–Crippen LogP) is 3.60. The molecule has 0 unspecified atom stereocenters. The van der Waals surface area contributed by atoms with Crippen LogP contribution in [0.25, 0.3) is 0 Å². The molecular formula is C14H13NO3S. The average Bonchev–Trinajstić information content (AvgIpc) is 2.38. The second kappa shape index (κ2) is 5.75. The van der Waals surface area contributed by atoms with E-state index in [0.29, 0.717) is 17.3 Å². The number of aromatic nitrogens is 1. The summed E-state index contributed by atoms with van der Waals surface area (Å²) in [5, 5.41) is 9.01. The van der Waals surface area contributed by atoms with E-state index in [-0.39, 0.29) is 5.56 Å². The fourth-order valence-corrected chi connectivity index (χ4v) is 2.16. The standard InChI is InChI=1S/C14H13NO3S/c1-9-7-10(14(16)17)8-13(15-9)18-11-5-3-4-6-12(11)19-2/h3-8H,1-2H3,(H,16,17). The summed E-state index contributed by atoms with van der Waals surface area (Å²) in [6, 6.07) is 10.5. The van der Waals surface area contributed by atoms with Crippen molar-refractivity contribution in [2.24, 2.45) is 0 Å². The molecule has 0 aliphatic heterocycles. The molecule has 0 aliphatic carbocycles. The molecule has 98 valence electrons. The molecular weight excluding hydrogens is 262 g/mol. The average molecular weight is 275 g/mol. The van der Waals surface area contributed by atoms with Crippen LogP contribution >= 0.6 is 11.8 Å². The van der Waals surface area contributed by atoms with Gasteiger partial charge in [0.05, 0.1) is 5.56 Å². The molecule has 0 bridgehead atoms. The lowest BCUT2D eigenvalue weighted by atomic mass is 10.2. The van der Waals surface area contributed by atoms with Gasteiger partial charge in [-0.05, 0) is 31.4 Å². The van der Waals surface area contributed by atoms with E-state index in [1.54, 1.807) is 18.7 Å². The van der Waals surface area contributed by atoms with E-state index in [1.165, 1.54) is 12.1 Å². The molecule has 2 aromatic rings. The molecule has 0 atom stereocenters. The summed E-state index contributed by atoms with van der Waals surface area (Å²) in [6.07, 6.45) is 1.95.